The summed E-state index contributed by atoms with van der Waals surface area (Å²) < 4.78 is 9.95. The number of methoxy groups -OCH3 is 1. The highest BCUT2D eigenvalue weighted by molar-refractivity contribution is 6.31. The van der Waals surface area contributed by atoms with Gasteiger partial charge in [-0.3, -0.25) is 14.6 Å². The molecule has 1 aromatic carbocycles. The molecular weight excluding hydrogens is 332 g/mol. The van der Waals surface area contributed by atoms with Crippen molar-refractivity contribution in [2.45, 2.75) is 13.0 Å². The summed E-state index contributed by atoms with van der Waals surface area (Å²) >= 11 is 6.27. The minimum atomic E-state index is -0.534. The number of carbonyl (C=O) groups is 2. The average molecular weight is 355 g/mol. The van der Waals surface area contributed by atoms with Gasteiger partial charge >= 0.3 is 11.9 Å². The number of ether oxygens (including phenoxy) is 2. The van der Waals surface area contributed by atoms with Crippen LogP contribution in [0.3, 0.4) is 0 Å². The van der Waals surface area contributed by atoms with E-state index in [-0.39, 0.29) is 18.5 Å². The first kappa shape index (κ1) is 18.7. The first-order valence-electron chi connectivity index (χ1n) is 8.01. The average Bonchev–Trinajstić information content (AvgIpc) is 2.58. The summed E-state index contributed by atoms with van der Waals surface area (Å²) in [4.78, 5) is 27.9. The highest BCUT2D eigenvalue weighted by Gasteiger charge is 2.32. The van der Waals surface area contributed by atoms with Crippen LogP contribution in [0, 0.1) is 0 Å². The highest BCUT2D eigenvalue weighted by Crippen LogP contribution is 2.29. The molecule has 1 fully saturated rings. The molecule has 2 rings (SSSR count). The zero-order valence-electron chi connectivity index (χ0n) is 14.0. The predicted molar refractivity (Wildman–Crippen MR) is 90.9 cm³/mol. The molecule has 0 amide bonds. The third-order valence-corrected chi connectivity index (χ3v) is 4.40. The van der Waals surface area contributed by atoms with Gasteiger partial charge in [-0.05, 0) is 18.6 Å². The number of benzene rings is 1. The van der Waals surface area contributed by atoms with Crippen LogP contribution in [0.15, 0.2) is 24.3 Å². The van der Waals surface area contributed by atoms with Crippen LogP contribution in [0.2, 0.25) is 5.02 Å². The molecule has 1 aliphatic heterocycles. The van der Waals surface area contributed by atoms with E-state index >= 15 is 0 Å². The van der Waals surface area contributed by atoms with Gasteiger partial charge < -0.3 is 9.47 Å². The second kappa shape index (κ2) is 9.01. The molecule has 1 atom stereocenters. The van der Waals surface area contributed by atoms with Crippen LogP contribution >= 0.6 is 11.6 Å². The Morgan fingerprint density at radius 2 is 1.88 bits per heavy atom. The number of piperazine rings is 1. The Balaban J connectivity index is 2.04. The Kier molecular flexibility index (Phi) is 7.02. The molecule has 0 aromatic heterocycles. The second-order valence-electron chi connectivity index (χ2n) is 5.56. The zero-order chi connectivity index (χ0) is 17.5. The van der Waals surface area contributed by atoms with Crippen molar-refractivity contribution in [3.05, 3.63) is 34.9 Å². The summed E-state index contributed by atoms with van der Waals surface area (Å²) in [6, 6.07) is 6.76. The smallest absolute Gasteiger partial charge is 0.327 e. The van der Waals surface area contributed by atoms with Crippen molar-refractivity contribution in [3.63, 3.8) is 0 Å². The van der Waals surface area contributed by atoms with E-state index in [1.165, 1.54) is 7.11 Å². The molecule has 0 radical (unpaired) electrons. The quantitative estimate of drug-likeness (QED) is 0.725. The number of halogens is 1. The number of nitrogens with zero attached hydrogens (tertiary/aromatic N) is 2. The number of rotatable bonds is 6. The Bertz CT molecular complexity index is 573. The van der Waals surface area contributed by atoms with Gasteiger partial charge in [-0.1, -0.05) is 29.8 Å². The van der Waals surface area contributed by atoms with Gasteiger partial charge in [-0.15, -0.1) is 0 Å². The summed E-state index contributed by atoms with van der Waals surface area (Å²) in [5.41, 5.74) is 0.741. The largest absolute Gasteiger partial charge is 0.468 e. The SMILES string of the molecule is CCOC(=O)CN1CCN(C(C(=O)OC)c2ccccc2Cl)CC1. The Morgan fingerprint density at radius 1 is 1.21 bits per heavy atom. The molecule has 7 heteroatoms. The third kappa shape index (κ3) is 4.69. The predicted octanol–water partition coefficient (Wildman–Crippen LogP) is 1.73. The molecular formula is C17H23ClN2O4. The first-order valence-corrected chi connectivity index (χ1v) is 8.39. The van der Waals surface area contributed by atoms with Gasteiger partial charge in [0.25, 0.3) is 0 Å². The van der Waals surface area contributed by atoms with Crippen molar-refractivity contribution in [1.29, 1.82) is 0 Å². The molecule has 0 aliphatic carbocycles. The van der Waals surface area contributed by atoms with Crippen LogP contribution in [0.1, 0.15) is 18.5 Å². The van der Waals surface area contributed by atoms with Gasteiger partial charge in [-0.2, -0.15) is 0 Å². The van der Waals surface area contributed by atoms with E-state index in [0.29, 0.717) is 37.8 Å². The van der Waals surface area contributed by atoms with Crippen molar-refractivity contribution in [3.8, 4) is 0 Å². The molecule has 132 valence electrons. The summed E-state index contributed by atoms with van der Waals surface area (Å²) in [5, 5.41) is 0.543. The fourth-order valence-electron chi connectivity index (χ4n) is 2.85. The molecule has 0 spiro atoms. The van der Waals surface area contributed by atoms with Gasteiger partial charge in [0.2, 0.25) is 0 Å². The van der Waals surface area contributed by atoms with Gasteiger partial charge in [0, 0.05) is 31.2 Å². The second-order valence-corrected chi connectivity index (χ2v) is 5.97. The Morgan fingerprint density at radius 3 is 2.46 bits per heavy atom. The molecule has 1 saturated heterocycles. The van der Waals surface area contributed by atoms with E-state index in [2.05, 4.69) is 0 Å². The fourth-order valence-corrected chi connectivity index (χ4v) is 3.09. The summed E-state index contributed by atoms with van der Waals surface area (Å²) in [6.45, 7) is 5.09. The van der Waals surface area contributed by atoms with Crippen molar-refractivity contribution in [2.75, 3.05) is 46.4 Å². The molecule has 24 heavy (non-hydrogen) atoms. The number of carbonyl (C=O) groups excluding carboxylic acids is 2. The zero-order valence-corrected chi connectivity index (χ0v) is 14.8. The normalized spacial score (nSPS) is 17.3. The minimum absolute atomic E-state index is 0.221. The van der Waals surface area contributed by atoms with Crippen molar-refractivity contribution >= 4 is 23.5 Å². The van der Waals surface area contributed by atoms with Gasteiger partial charge in [0.1, 0.15) is 6.04 Å². The van der Waals surface area contributed by atoms with E-state index in [0.717, 1.165) is 5.56 Å². The summed E-state index contributed by atoms with van der Waals surface area (Å²) in [6.07, 6.45) is 0. The van der Waals surface area contributed by atoms with Gasteiger partial charge in [0.05, 0.1) is 20.3 Å². The van der Waals surface area contributed by atoms with Crippen molar-refractivity contribution < 1.29 is 19.1 Å². The van der Waals surface area contributed by atoms with Crippen LogP contribution in [-0.2, 0) is 19.1 Å². The monoisotopic (exact) mass is 354 g/mol. The molecule has 1 heterocycles. The van der Waals surface area contributed by atoms with Crippen LogP contribution in [0.25, 0.3) is 0 Å². The molecule has 1 unspecified atom stereocenters. The maximum atomic E-state index is 12.3. The molecule has 0 N–H and O–H groups in total. The van der Waals surface area contributed by atoms with E-state index in [1.54, 1.807) is 13.0 Å². The first-order chi connectivity index (χ1) is 11.6. The van der Waals surface area contributed by atoms with Crippen LogP contribution in [-0.4, -0.2) is 68.2 Å². The maximum Gasteiger partial charge on any atom is 0.327 e. The van der Waals surface area contributed by atoms with Crippen LogP contribution in [0.5, 0.6) is 0 Å². The minimum Gasteiger partial charge on any atom is -0.468 e. The van der Waals surface area contributed by atoms with E-state index in [9.17, 15) is 9.59 Å². The lowest BCUT2D eigenvalue weighted by Gasteiger charge is -2.38. The standard InChI is InChI=1S/C17H23ClN2O4/c1-3-24-15(21)12-19-8-10-20(11-9-19)16(17(22)23-2)13-6-4-5-7-14(13)18/h4-7,16H,3,8-12H2,1-2H3. The molecule has 0 bridgehead atoms. The molecule has 0 saturated carbocycles. The molecule has 1 aliphatic rings. The fraction of sp³-hybridized carbons (Fsp3) is 0.529. The van der Waals surface area contributed by atoms with Crippen molar-refractivity contribution in [2.24, 2.45) is 0 Å². The highest BCUT2D eigenvalue weighted by atomic mass is 35.5. The topological polar surface area (TPSA) is 59.1 Å². The van der Waals surface area contributed by atoms with Gasteiger partial charge in [0.15, 0.2) is 0 Å². The number of hydrogen-bond donors (Lipinski definition) is 0. The Labute approximate surface area is 147 Å². The third-order valence-electron chi connectivity index (χ3n) is 4.05. The summed E-state index contributed by atoms with van der Waals surface area (Å²) in [5.74, 6) is -0.552. The van der Waals surface area contributed by atoms with Crippen LogP contribution < -0.4 is 0 Å². The van der Waals surface area contributed by atoms with Crippen LogP contribution in [0.4, 0.5) is 0 Å². The van der Waals surface area contributed by atoms with Crippen molar-refractivity contribution in [1.82, 2.24) is 9.80 Å². The number of hydrogen-bond acceptors (Lipinski definition) is 6. The Hall–Kier alpha value is -1.63. The van der Waals surface area contributed by atoms with E-state index in [1.807, 2.05) is 28.0 Å². The lowest BCUT2D eigenvalue weighted by Crippen LogP contribution is -2.50. The lowest BCUT2D eigenvalue weighted by atomic mass is 10.0. The summed E-state index contributed by atoms with van der Waals surface area (Å²) in [7, 11) is 1.38. The number of esters is 2. The van der Waals surface area contributed by atoms with E-state index < -0.39 is 6.04 Å². The maximum absolute atomic E-state index is 12.3. The van der Waals surface area contributed by atoms with E-state index in [4.69, 9.17) is 21.1 Å². The lowest BCUT2D eigenvalue weighted by molar-refractivity contribution is -0.150. The van der Waals surface area contributed by atoms with Gasteiger partial charge in [-0.25, -0.2) is 4.79 Å². The molecule has 1 aromatic rings. The molecule has 6 nitrogen and oxygen atoms in total.